The molecule has 0 aliphatic heterocycles. The topological polar surface area (TPSA) is 49.8 Å². The van der Waals surface area contributed by atoms with Gasteiger partial charge in [-0.3, -0.25) is 0 Å². The highest BCUT2D eigenvalue weighted by molar-refractivity contribution is 6.39. The molecular weight excluding hydrogens is 319 g/mol. The van der Waals surface area contributed by atoms with Crippen LogP contribution in [0, 0.1) is 12.8 Å². The van der Waals surface area contributed by atoms with Crippen LogP contribution in [0.15, 0.2) is 24.3 Å². The van der Waals surface area contributed by atoms with Gasteiger partial charge in [-0.05, 0) is 31.4 Å². The lowest BCUT2D eigenvalue weighted by molar-refractivity contribution is 0.606. The molecule has 22 heavy (non-hydrogen) atoms. The zero-order valence-electron chi connectivity index (χ0n) is 13.0. The largest absolute Gasteiger partial charge is 0.370 e. The van der Waals surface area contributed by atoms with E-state index in [1.807, 2.05) is 13.0 Å². The minimum absolute atomic E-state index is 0.554. The average Bonchev–Trinajstić information content (AvgIpc) is 2.42. The van der Waals surface area contributed by atoms with E-state index in [1.165, 1.54) is 0 Å². The molecule has 1 aromatic heterocycles. The number of aromatic nitrogens is 2. The lowest BCUT2D eigenvalue weighted by atomic mass is 10.1. The number of anilines is 3. The molecule has 0 aliphatic carbocycles. The molecule has 118 valence electrons. The molecule has 0 atom stereocenters. The summed E-state index contributed by atoms with van der Waals surface area (Å²) in [6.45, 7) is 7.12. The van der Waals surface area contributed by atoms with Crippen LogP contribution in [0.4, 0.5) is 17.3 Å². The molecule has 2 aromatic rings. The van der Waals surface area contributed by atoms with E-state index in [2.05, 4.69) is 34.4 Å². The molecule has 6 heteroatoms. The second-order valence-corrected chi connectivity index (χ2v) is 6.33. The molecule has 4 nitrogen and oxygen atoms in total. The van der Waals surface area contributed by atoms with Crippen LogP contribution in [0.25, 0.3) is 0 Å². The van der Waals surface area contributed by atoms with Gasteiger partial charge in [-0.25, -0.2) is 9.97 Å². The molecule has 2 N–H and O–H groups in total. The van der Waals surface area contributed by atoms with Crippen LogP contribution in [0.5, 0.6) is 0 Å². The van der Waals surface area contributed by atoms with E-state index in [4.69, 9.17) is 23.2 Å². The number of para-hydroxylation sites is 1. The molecule has 0 saturated carbocycles. The molecule has 2 rings (SSSR count). The van der Waals surface area contributed by atoms with E-state index in [-0.39, 0.29) is 0 Å². The SMILES string of the molecule is Cc1nc(NCCC(C)C)cc(Nc2c(Cl)cccc2Cl)n1. The smallest absolute Gasteiger partial charge is 0.136 e. The number of benzene rings is 1. The molecule has 0 radical (unpaired) electrons. The lowest BCUT2D eigenvalue weighted by Crippen LogP contribution is -2.08. The number of rotatable bonds is 6. The van der Waals surface area contributed by atoms with Crippen molar-refractivity contribution in [3.63, 3.8) is 0 Å². The molecule has 0 aliphatic rings. The van der Waals surface area contributed by atoms with Crippen LogP contribution in [0.3, 0.4) is 0 Å². The minimum Gasteiger partial charge on any atom is -0.370 e. The van der Waals surface area contributed by atoms with Gasteiger partial charge < -0.3 is 10.6 Å². The third-order valence-electron chi connectivity index (χ3n) is 3.08. The number of nitrogens with zero attached hydrogens (tertiary/aromatic N) is 2. The number of hydrogen-bond donors (Lipinski definition) is 2. The molecule has 0 bridgehead atoms. The van der Waals surface area contributed by atoms with Gasteiger partial charge in [0.1, 0.15) is 17.5 Å². The summed E-state index contributed by atoms with van der Waals surface area (Å²) in [6.07, 6.45) is 1.09. The molecule has 0 unspecified atom stereocenters. The predicted molar refractivity (Wildman–Crippen MR) is 94.5 cm³/mol. The van der Waals surface area contributed by atoms with E-state index >= 15 is 0 Å². The van der Waals surface area contributed by atoms with Gasteiger partial charge in [0.2, 0.25) is 0 Å². The summed E-state index contributed by atoms with van der Waals surface area (Å²) < 4.78 is 0. The van der Waals surface area contributed by atoms with E-state index in [9.17, 15) is 0 Å². The monoisotopic (exact) mass is 338 g/mol. The molecule has 0 amide bonds. The van der Waals surface area contributed by atoms with Gasteiger partial charge in [-0.15, -0.1) is 0 Å². The first-order chi connectivity index (χ1) is 10.5. The number of aryl methyl sites for hydroxylation is 1. The van der Waals surface area contributed by atoms with Crippen molar-refractivity contribution in [1.29, 1.82) is 0 Å². The third-order valence-corrected chi connectivity index (χ3v) is 3.71. The van der Waals surface area contributed by atoms with Gasteiger partial charge in [-0.1, -0.05) is 43.1 Å². The van der Waals surface area contributed by atoms with Crippen molar-refractivity contribution >= 4 is 40.5 Å². The Hall–Kier alpha value is -1.52. The van der Waals surface area contributed by atoms with Crippen LogP contribution in [0.2, 0.25) is 10.0 Å². The maximum Gasteiger partial charge on any atom is 0.136 e. The summed E-state index contributed by atoms with van der Waals surface area (Å²) in [6, 6.07) is 7.23. The highest BCUT2D eigenvalue weighted by Crippen LogP contribution is 2.32. The second-order valence-electron chi connectivity index (χ2n) is 5.52. The van der Waals surface area contributed by atoms with Crippen LogP contribution in [0.1, 0.15) is 26.1 Å². The van der Waals surface area contributed by atoms with E-state index in [0.717, 1.165) is 18.8 Å². The van der Waals surface area contributed by atoms with Crippen molar-refractivity contribution in [3.8, 4) is 0 Å². The Labute approximate surface area is 141 Å². The van der Waals surface area contributed by atoms with Gasteiger partial charge in [-0.2, -0.15) is 0 Å². The molecule has 1 aromatic carbocycles. The van der Waals surface area contributed by atoms with Crippen molar-refractivity contribution in [3.05, 3.63) is 40.1 Å². The fourth-order valence-corrected chi connectivity index (χ4v) is 2.45. The third kappa shape index (κ3) is 4.75. The van der Waals surface area contributed by atoms with Gasteiger partial charge in [0.05, 0.1) is 15.7 Å². The van der Waals surface area contributed by atoms with Crippen molar-refractivity contribution in [2.24, 2.45) is 5.92 Å². The summed E-state index contributed by atoms with van der Waals surface area (Å²) in [5.74, 6) is 2.78. The van der Waals surface area contributed by atoms with Crippen LogP contribution < -0.4 is 10.6 Å². The highest BCUT2D eigenvalue weighted by Gasteiger charge is 2.08. The van der Waals surface area contributed by atoms with Crippen LogP contribution >= 0.6 is 23.2 Å². The maximum atomic E-state index is 6.17. The van der Waals surface area contributed by atoms with E-state index in [1.54, 1.807) is 18.2 Å². The Kier molecular flexibility index (Phi) is 5.86. The molecule has 0 fully saturated rings. The Morgan fingerprint density at radius 2 is 1.73 bits per heavy atom. The van der Waals surface area contributed by atoms with E-state index < -0.39 is 0 Å². The Morgan fingerprint density at radius 3 is 2.36 bits per heavy atom. The Morgan fingerprint density at radius 1 is 1.09 bits per heavy atom. The average molecular weight is 339 g/mol. The number of halogens is 2. The van der Waals surface area contributed by atoms with Gasteiger partial charge in [0, 0.05) is 12.6 Å². The lowest BCUT2D eigenvalue weighted by Gasteiger charge is -2.12. The van der Waals surface area contributed by atoms with Crippen molar-refractivity contribution in [2.75, 3.05) is 17.2 Å². The first kappa shape index (κ1) is 16.8. The summed E-state index contributed by atoms with van der Waals surface area (Å²) in [4.78, 5) is 8.76. The molecule has 0 saturated heterocycles. The number of nitrogens with one attached hydrogen (secondary N) is 2. The van der Waals surface area contributed by atoms with Crippen molar-refractivity contribution < 1.29 is 0 Å². The summed E-state index contributed by atoms with van der Waals surface area (Å²) in [5, 5.41) is 7.59. The maximum absolute atomic E-state index is 6.17. The fourth-order valence-electron chi connectivity index (χ4n) is 1.96. The fraction of sp³-hybridized carbons (Fsp3) is 0.375. The molecule has 1 heterocycles. The quantitative estimate of drug-likeness (QED) is 0.750. The van der Waals surface area contributed by atoms with Crippen LogP contribution in [-0.4, -0.2) is 16.5 Å². The Balaban J connectivity index is 2.16. The minimum atomic E-state index is 0.554. The summed E-state index contributed by atoms with van der Waals surface area (Å²) >= 11 is 12.3. The first-order valence-electron chi connectivity index (χ1n) is 7.26. The summed E-state index contributed by atoms with van der Waals surface area (Å²) in [7, 11) is 0. The molecule has 0 spiro atoms. The van der Waals surface area contributed by atoms with Crippen LogP contribution in [-0.2, 0) is 0 Å². The standard InChI is InChI=1S/C16H20Cl2N4/c1-10(2)7-8-19-14-9-15(21-11(3)20-14)22-16-12(17)5-4-6-13(16)18/h4-6,9-10H,7-8H2,1-3H3,(H2,19,20,21,22). The zero-order valence-corrected chi connectivity index (χ0v) is 14.5. The van der Waals surface area contributed by atoms with Gasteiger partial charge in [0.25, 0.3) is 0 Å². The van der Waals surface area contributed by atoms with Crippen molar-refractivity contribution in [1.82, 2.24) is 9.97 Å². The van der Waals surface area contributed by atoms with Gasteiger partial charge >= 0.3 is 0 Å². The molecular formula is C16H20Cl2N4. The zero-order chi connectivity index (χ0) is 16.1. The predicted octanol–water partition coefficient (Wildman–Crippen LogP) is 5.29. The second kappa shape index (κ2) is 7.65. The first-order valence-corrected chi connectivity index (χ1v) is 8.02. The highest BCUT2D eigenvalue weighted by atomic mass is 35.5. The normalized spacial score (nSPS) is 10.8. The van der Waals surface area contributed by atoms with E-state index in [0.29, 0.717) is 33.3 Å². The van der Waals surface area contributed by atoms with Crippen molar-refractivity contribution in [2.45, 2.75) is 27.2 Å². The summed E-state index contributed by atoms with van der Waals surface area (Å²) in [5.41, 5.74) is 0.650. The van der Waals surface area contributed by atoms with Gasteiger partial charge in [0.15, 0.2) is 0 Å². The Bertz CT molecular complexity index is 624. The number of hydrogen-bond acceptors (Lipinski definition) is 4.